The molecule has 0 amide bonds. The van der Waals surface area contributed by atoms with Crippen LogP contribution in [0.25, 0.3) is 0 Å². The van der Waals surface area contributed by atoms with Crippen LogP contribution in [0.2, 0.25) is 0 Å². The van der Waals surface area contributed by atoms with Gasteiger partial charge in [-0.3, -0.25) is 9.80 Å². The molecule has 2 unspecified atom stereocenters. The van der Waals surface area contributed by atoms with Crippen LogP contribution < -0.4 is 0 Å². The maximum Gasteiger partial charge on any atom is 0.0793 e. The highest BCUT2D eigenvalue weighted by molar-refractivity contribution is 5.18. The highest BCUT2D eigenvalue weighted by Crippen LogP contribution is 2.63. The highest BCUT2D eigenvalue weighted by atomic mass is 15.4. The minimum absolute atomic E-state index is 0.429. The van der Waals surface area contributed by atoms with Crippen LogP contribution in [0.4, 0.5) is 0 Å². The molecule has 0 bridgehead atoms. The third-order valence-corrected chi connectivity index (χ3v) is 3.93. The van der Waals surface area contributed by atoms with Gasteiger partial charge in [0.2, 0.25) is 0 Å². The monoisotopic (exact) mass is 168 g/mol. The molecule has 0 radical (unpaired) electrons. The van der Waals surface area contributed by atoms with Crippen LogP contribution in [0.3, 0.4) is 0 Å². The molecule has 0 aromatic rings. The minimum Gasteiger partial charge on any atom is -0.291 e. The number of rotatable bonds is 2. The zero-order chi connectivity index (χ0) is 8.93. The van der Waals surface area contributed by atoms with Crippen molar-refractivity contribution in [3.05, 3.63) is 0 Å². The Bertz CT molecular complexity index is 166. The first-order chi connectivity index (χ1) is 5.61. The largest absolute Gasteiger partial charge is 0.291 e. The van der Waals surface area contributed by atoms with Crippen molar-refractivity contribution in [1.82, 2.24) is 9.80 Å². The van der Waals surface area contributed by atoms with E-state index in [1.165, 1.54) is 19.3 Å². The van der Waals surface area contributed by atoms with Gasteiger partial charge in [0.1, 0.15) is 0 Å². The second kappa shape index (κ2) is 2.46. The van der Waals surface area contributed by atoms with Gasteiger partial charge in [0.05, 0.1) is 5.66 Å². The number of fused-ring (bicyclic) bond motifs is 1. The molecule has 2 atom stereocenters. The van der Waals surface area contributed by atoms with Crippen molar-refractivity contribution < 1.29 is 0 Å². The molecule has 0 aromatic heterocycles. The highest BCUT2D eigenvalue weighted by Gasteiger charge is 2.68. The summed E-state index contributed by atoms with van der Waals surface area (Å²) >= 11 is 0. The Kier molecular flexibility index (Phi) is 1.74. The summed E-state index contributed by atoms with van der Waals surface area (Å²) in [6.07, 6.45) is 4.35. The van der Waals surface area contributed by atoms with Gasteiger partial charge in [-0.2, -0.15) is 0 Å². The third-order valence-electron chi connectivity index (χ3n) is 3.93. The Morgan fingerprint density at radius 1 is 0.917 bits per heavy atom. The average Bonchev–Trinajstić information content (AvgIpc) is 2.35. The van der Waals surface area contributed by atoms with E-state index < -0.39 is 0 Å². The fourth-order valence-electron chi connectivity index (χ4n) is 3.62. The molecule has 2 heteroatoms. The van der Waals surface area contributed by atoms with E-state index in [4.69, 9.17) is 0 Å². The summed E-state index contributed by atoms with van der Waals surface area (Å²) in [7, 11) is 8.88. The van der Waals surface area contributed by atoms with Crippen molar-refractivity contribution >= 4 is 0 Å². The van der Waals surface area contributed by atoms with E-state index in [1.54, 1.807) is 0 Å². The standard InChI is InChI=1S/C10H20N2/c1-11(2)10(12(3)4)8-6-5-7-9(8)10/h8-9H,5-7H2,1-4H3. The molecule has 12 heavy (non-hydrogen) atoms. The lowest BCUT2D eigenvalue weighted by molar-refractivity contribution is 0.0654. The number of hydrogen-bond donors (Lipinski definition) is 0. The molecular formula is C10H20N2. The smallest absolute Gasteiger partial charge is 0.0793 e. The van der Waals surface area contributed by atoms with Crippen molar-refractivity contribution in [2.45, 2.75) is 24.9 Å². The van der Waals surface area contributed by atoms with E-state index >= 15 is 0 Å². The summed E-state index contributed by atoms with van der Waals surface area (Å²) in [5, 5.41) is 0. The molecule has 2 aliphatic rings. The second-order valence-corrected chi connectivity index (χ2v) is 4.72. The van der Waals surface area contributed by atoms with Gasteiger partial charge in [0, 0.05) is 0 Å². The molecule has 0 aliphatic heterocycles. The Hall–Kier alpha value is -0.0800. The summed E-state index contributed by atoms with van der Waals surface area (Å²) in [4.78, 5) is 4.84. The van der Waals surface area contributed by atoms with Crippen molar-refractivity contribution in [3.63, 3.8) is 0 Å². The predicted octanol–water partition coefficient (Wildman–Crippen LogP) is 1.24. The summed E-state index contributed by atoms with van der Waals surface area (Å²) in [5.41, 5.74) is 0.429. The van der Waals surface area contributed by atoms with E-state index in [0.717, 1.165) is 11.8 Å². The summed E-state index contributed by atoms with van der Waals surface area (Å²) in [6, 6.07) is 0. The molecule has 70 valence electrons. The fourth-order valence-corrected chi connectivity index (χ4v) is 3.62. The first kappa shape index (κ1) is 8.52. The van der Waals surface area contributed by atoms with Gasteiger partial charge in [-0.1, -0.05) is 6.42 Å². The molecule has 0 heterocycles. The van der Waals surface area contributed by atoms with Crippen LogP contribution in [-0.4, -0.2) is 43.7 Å². The fraction of sp³-hybridized carbons (Fsp3) is 1.00. The lowest BCUT2D eigenvalue weighted by Gasteiger charge is -2.35. The maximum atomic E-state index is 2.42. The molecule has 0 aromatic carbocycles. The Morgan fingerprint density at radius 2 is 1.33 bits per heavy atom. The third kappa shape index (κ3) is 0.775. The topological polar surface area (TPSA) is 6.48 Å². The molecule has 0 N–H and O–H groups in total. The first-order valence-electron chi connectivity index (χ1n) is 4.96. The normalized spacial score (nSPS) is 37.5. The molecule has 2 rings (SSSR count). The number of nitrogens with zero attached hydrogens (tertiary/aromatic N) is 2. The molecule has 2 fully saturated rings. The van der Waals surface area contributed by atoms with Crippen molar-refractivity contribution in [3.8, 4) is 0 Å². The van der Waals surface area contributed by atoms with Crippen LogP contribution in [0.5, 0.6) is 0 Å². The Labute approximate surface area is 75.5 Å². The van der Waals surface area contributed by atoms with Crippen molar-refractivity contribution in [2.75, 3.05) is 28.2 Å². The quantitative estimate of drug-likeness (QED) is 0.572. The van der Waals surface area contributed by atoms with E-state index in [1.807, 2.05) is 0 Å². The summed E-state index contributed by atoms with van der Waals surface area (Å²) in [5.74, 6) is 1.92. The summed E-state index contributed by atoms with van der Waals surface area (Å²) < 4.78 is 0. The van der Waals surface area contributed by atoms with E-state index in [0.29, 0.717) is 5.66 Å². The predicted molar refractivity (Wildman–Crippen MR) is 50.9 cm³/mol. The van der Waals surface area contributed by atoms with E-state index in [-0.39, 0.29) is 0 Å². The lowest BCUT2D eigenvalue weighted by atomic mass is 10.1. The second-order valence-electron chi connectivity index (χ2n) is 4.72. The molecule has 2 aliphatic carbocycles. The van der Waals surface area contributed by atoms with Gasteiger partial charge in [-0.15, -0.1) is 0 Å². The van der Waals surface area contributed by atoms with Crippen LogP contribution in [-0.2, 0) is 0 Å². The van der Waals surface area contributed by atoms with Crippen LogP contribution >= 0.6 is 0 Å². The lowest BCUT2D eigenvalue weighted by Crippen LogP contribution is -2.47. The average molecular weight is 168 g/mol. The number of hydrogen-bond acceptors (Lipinski definition) is 2. The van der Waals surface area contributed by atoms with Gasteiger partial charge < -0.3 is 0 Å². The first-order valence-corrected chi connectivity index (χ1v) is 4.96. The maximum absolute atomic E-state index is 2.42. The zero-order valence-electron chi connectivity index (χ0n) is 8.67. The molecule has 2 saturated carbocycles. The van der Waals surface area contributed by atoms with Gasteiger partial charge in [-0.25, -0.2) is 0 Å². The van der Waals surface area contributed by atoms with Crippen molar-refractivity contribution in [1.29, 1.82) is 0 Å². The van der Waals surface area contributed by atoms with Gasteiger partial charge in [0.15, 0.2) is 0 Å². The zero-order valence-corrected chi connectivity index (χ0v) is 8.67. The SMILES string of the molecule is CN(C)C1(N(C)C)C2CCCC21. The van der Waals surface area contributed by atoms with E-state index in [2.05, 4.69) is 38.0 Å². The minimum atomic E-state index is 0.429. The molecule has 2 nitrogen and oxygen atoms in total. The molecule has 0 spiro atoms. The van der Waals surface area contributed by atoms with Crippen molar-refractivity contribution in [2.24, 2.45) is 11.8 Å². The van der Waals surface area contributed by atoms with Gasteiger partial charge in [0.25, 0.3) is 0 Å². The van der Waals surface area contributed by atoms with E-state index in [9.17, 15) is 0 Å². The summed E-state index contributed by atoms with van der Waals surface area (Å²) in [6.45, 7) is 0. The Morgan fingerprint density at radius 3 is 1.58 bits per heavy atom. The van der Waals surface area contributed by atoms with Gasteiger partial charge >= 0.3 is 0 Å². The van der Waals surface area contributed by atoms with Crippen LogP contribution in [0.15, 0.2) is 0 Å². The van der Waals surface area contributed by atoms with Crippen LogP contribution in [0.1, 0.15) is 19.3 Å². The van der Waals surface area contributed by atoms with Crippen LogP contribution in [0, 0.1) is 11.8 Å². The molecule has 0 saturated heterocycles. The molecular weight excluding hydrogens is 148 g/mol. The van der Waals surface area contributed by atoms with Gasteiger partial charge in [-0.05, 0) is 52.9 Å². The Balaban J connectivity index is 2.18.